The normalized spacial score (nSPS) is 27.3. The van der Waals surface area contributed by atoms with Crippen LogP contribution in [0.2, 0.25) is 0 Å². The summed E-state index contributed by atoms with van der Waals surface area (Å²) < 4.78 is 49.2. The minimum absolute atomic E-state index is 0.00554. The molecule has 5 rings (SSSR count). The lowest BCUT2D eigenvalue weighted by atomic mass is 10.00. The summed E-state index contributed by atoms with van der Waals surface area (Å²) in [6, 6.07) is 4.24. The average molecular weight is 478 g/mol. The second-order valence-electron chi connectivity index (χ2n) is 9.24. The number of aromatic nitrogens is 3. The number of rotatable bonds is 7. The Morgan fingerprint density at radius 1 is 1.32 bits per heavy atom. The molecule has 3 aliphatic rings. The largest absolute Gasteiger partial charge is 0.413 e. The number of ketones is 1. The van der Waals surface area contributed by atoms with Crippen LogP contribution in [0.3, 0.4) is 0 Å². The highest BCUT2D eigenvalue weighted by molar-refractivity contribution is 5.99. The Bertz CT molecular complexity index is 1170. The highest BCUT2D eigenvalue weighted by Crippen LogP contribution is 2.48. The van der Waals surface area contributed by atoms with Crippen LogP contribution in [-0.4, -0.2) is 64.9 Å². The van der Waals surface area contributed by atoms with E-state index in [1.807, 2.05) is 0 Å². The van der Waals surface area contributed by atoms with Gasteiger partial charge in [-0.2, -0.15) is 18.2 Å². The lowest BCUT2D eigenvalue weighted by Gasteiger charge is -2.36. The SMILES string of the molecule is CNc1ccc(C(=O)CN2c3nc(NC[C@H]4OC[C@@H]5CC54)cc(=O)n3C[C@@]2(C)C(F)(F)F)cn1. The van der Waals surface area contributed by atoms with Gasteiger partial charge >= 0.3 is 6.18 Å². The maximum Gasteiger partial charge on any atom is 0.413 e. The van der Waals surface area contributed by atoms with Crippen molar-refractivity contribution in [3.8, 4) is 0 Å². The van der Waals surface area contributed by atoms with Crippen molar-refractivity contribution in [1.29, 1.82) is 0 Å². The van der Waals surface area contributed by atoms with Crippen molar-refractivity contribution in [3.05, 3.63) is 40.3 Å². The number of nitrogens with one attached hydrogen (secondary N) is 2. The van der Waals surface area contributed by atoms with Crippen LogP contribution in [0, 0.1) is 11.8 Å². The number of hydrogen-bond donors (Lipinski definition) is 2. The van der Waals surface area contributed by atoms with Crippen molar-refractivity contribution in [2.75, 3.05) is 42.3 Å². The molecule has 182 valence electrons. The molecule has 0 spiro atoms. The molecule has 1 aliphatic carbocycles. The molecule has 2 fully saturated rings. The zero-order valence-electron chi connectivity index (χ0n) is 18.7. The van der Waals surface area contributed by atoms with Crippen molar-refractivity contribution in [2.45, 2.75) is 37.7 Å². The topological polar surface area (TPSA) is 101 Å². The van der Waals surface area contributed by atoms with Crippen molar-refractivity contribution >= 4 is 23.4 Å². The first-order valence-electron chi connectivity index (χ1n) is 11.1. The van der Waals surface area contributed by atoms with Crippen LogP contribution >= 0.6 is 0 Å². The van der Waals surface area contributed by atoms with E-state index in [0.717, 1.165) is 22.8 Å². The Hall–Kier alpha value is -3.15. The van der Waals surface area contributed by atoms with Gasteiger partial charge in [-0.25, -0.2) is 4.98 Å². The number of Topliss-reactive ketones (excluding diaryl/α,β-unsaturated/α-hetero) is 1. The van der Waals surface area contributed by atoms with E-state index in [4.69, 9.17) is 4.74 Å². The van der Waals surface area contributed by atoms with Gasteiger partial charge in [-0.1, -0.05) is 0 Å². The van der Waals surface area contributed by atoms with E-state index in [1.54, 1.807) is 13.1 Å². The summed E-state index contributed by atoms with van der Waals surface area (Å²) in [5, 5.41) is 5.86. The summed E-state index contributed by atoms with van der Waals surface area (Å²) >= 11 is 0. The first kappa shape index (κ1) is 22.6. The van der Waals surface area contributed by atoms with E-state index in [1.165, 1.54) is 18.3 Å². The number of carbonyl (C=O) groups is 1. The van der Waals surface area contributed by atoms with Crippen molar-refractivity contribution in [1.82, 2.24) is 14.5 Å². The quantitative estimate of drug-likeness (QED) is 0.584. The van der Waals surface area contributed by atoms with Gasteiger partial charge in [-0.05, 0) is 37.3 Å². The van der Waals surface area contributed by atoms with Gasteiger partial charge in [0.25, 0.3) is 5.56 Å². The summed E-state index contributed by atoms with van der Waals surface area (Å²) in [5.41, 5.74) is -2.93. The predicted octanol–water partition coefficient (Wildman–Crippen LogP) is 2.15. The zero-order valence-corrected chi connectivity index (χ0v) is 18.7. The number of alkyl halides is 3. The number of hydrogen-bond acceptors (Lipinski definition) is 8. The van der Waals surface area contributed by atoms with Crippen molar-refractivity contribution in [2.24, 2.45) is 11.8 Å². The van der Waals surface area contributed by atoms with Crippen LogP contribution in [0.1, 0.15) is 23.7 Å². The van der Waals surface area contributed by atoms with Gasteiger partial charge in [0.2, 0.25) is 5.95 Å². The van der Waals surface area contributed by atoms with Gasteiger partial charge in [0.05, 0.1) is 25.8 Å². The van der Waals surface area contributed by atoms with Crippen LogP contribution in [0.25, 0.3) is 0 Å². The van der Waals surface area contributed by atoms with Gasteiger partial charge in [0.15, 0.2) is 11.3 Å². The number of halogens is 3. The molecule has 2 aromatic rings. The molecule has 12 heteroatoms. The average Bonchev–Trinajstić information content (AvgIpc) is 3.37. The number of anilines is 3. The standard InChI is InChI=1S/C22H25F3N6O3/c1-21(22(23,24)25)11-30-19(33)6-18(28-8-16-14-5-13(14)10-34-16)29-20(30)31(21)9-15(32)12-3-4-17(26-2)27-7-12/h3-4,6-7,13-14,16,28H,5,8-11H2,1-2H3,(H,26,27)/t13-,14?,16+,21-/m0/s1. The second kappa shape index (κ2) is 7.97. The smallest absolute Gasteiger partial charge is 0.376 e. The Kier molecular flexibility index (Phi) is 5.30. The maximum absolute atomic E-state index is 14.2. The van der Waals surface area contributed by atoms with Crippen molar-refractivity contribution in [3.63, 3.8) is 0 Å². The molecule has 9 nitrogen and oxygen atoms in total. The molecule has 1 saturated carbocycles. The molecule has 2 N–H and O–H groups in total. The minimum atomic E-state index is -4.71. The summed E-state index contributed by atoms with van der Waals surface area (Å²) in [4.78, 5) is 34.9. The third kappa shape index (κ3) is 3.79. The second-order valence-corrected chi connectivity index (χ2v) is 9.24. The van der Waals surface area contributed by atoms with Crippen LogP contribution in [-0.2, 0) is 11.3 Å². The molecule has 0 radical (unpaired) electrons. The van der Waals surface area contributed by atoms with E-state index in [9.17, 15) is 22.8 Å². The number of carbonyl (C=O) groups excluding carboxylic acids is 1. The minimum Gasteiger partial charge on any atom is -0.376 e. The molecule has 0 amide bonds. The van der Waals surface area contributed by atoms with Gasteiger partial charge in [0.1, 0.15) is 11.6 Å². The third-order valence-electron chi connectivity index (χ3n) is 7.01. The van der Waals surface area contributed by atoms with E-state index < -0.39 is 36.1 Å². The first-order valence-corrected chi connectivity index (χ1v) is 11.1. The maximum atomic E-state index is 14.2. The van der Waals surface area contributed by atoms with Crippen molar-refractivity contribution < 1.29 is 22.7 Å². The van der Waals surface area contributed by atoms with E-state index in [2.05, 4.69) is 20.6 Å². The molecule has 2 aromatic heterocycles. The van der Waals surface area contributed by atoms with Crippen LogP contribution in [0.4, 0.5) is 30.8 Å². The number of fused-ring (bicyclic) bond motifs is 2. The Morgan fingerprint density at radius 3 is 2.71 bits per heavy atom. The Labute approximate surface area is 193 Å². The Balaban J connectivity index is 1.43. The lowest BCUT2D eigenvalue weighted by molar-refractivity contribution is -0.181. The fraction of sp³-hybridized carbons (Fsp3) is 0.545. The van der Waals surface area contributed by atoms with Gasteiger partial charge in [-0.3, -0.25) is 14.2 Å². The molecule has 34 heavy (non-hydrogen) atoms. The Morgan fingerprint density at radius 2 is 2.12 bits per heavy atom. The molecular weight excluding hydrogens is 453 g/mol. The van der Waals surface area contributed by atoms with Crippen LogP contribution < -0.4 is 21.1 Å². The van der Waals surface area contributed by atoms with Crippen LogP contribution in [0.15, 0.2) is 29.2 Å². The summed E-state index contributed by atoms with van der Waals surface area (Å²) in [6.45, 7) is 0.834. The number of pyridine rings is 1. The third-order valence-corrected chi connectivity index (χ3v) is 7.01. The fourth-order valence-corrected chi connectivity index (χ4v) is 4.69. The summed E-state index contributed by atoms with van der Waals surface area (Å²) in [6.07, 6.45) is -2.31. The van der Waals surface area contributed by atoms with Gasteiger partial charge < -0.3 is 20.3 Å². The molecule has 1 unspecified atom stereocenters. The van der Waals surface area contributed by atoms with E-state index >= 15 is 0 Å². The fourth-order valence-electron chi connectivity index (χ4n) is 4.69. The molecule has 2 aliphatic heterocycles. The van der Waals surface area contributed by atoms with Crippen LogP contribution in [0.5, 0.6) is 0 Å². The summed E-state index contributed by atoms with van der Waals surface area (Å²) in [7, 11) is 1.66. The van der Waals surface area contributed by atoms with Gasteiger partial charge in [0, 0.05) is 31.4 Å². The predicted molar refractivity (Wildman–Crippen MR) is 118 cm³/mol. The van der Waals surface area contributed by atoms with E-state index in [-0.39, 0.29) is 23.4 Å². The monoisotopic (exact) mass is 478 g/mol. The van der Waals surface area contributed by atoms with Gasteiger partial charge in [-0.15, -0.1) is 0 Å². The summed E-state index contributed by atoms with van der Waals surface area (Å²) in [5.74, 6) is 0.985. The molecular formula is C22H25F3N6O3. The highest BCUT2D eigenvalue weighted by Gasteiger charge is 2.60. The molecule has 1 saturated heterocycles. The molecule has 4 heterocycles. The molecule has 0 bridgehead atoms. The molecule has 4 atom stereocenters. The number of ether oxygens (including phenoxy) is 1. The first-order chi connectivity index (χ1) is 16.1. The molecule has 0 aromatic carbocycles. The zero-order chi connectivity index (χ0) is 24.3. The highest BCUT2D eigenvalue weighted by atomic mass is 19.4. The number of nitrogens with zero attached hydrogens (tertiary/aromatic N) is 4. The van der Waals surface area contributed by atoms with E-state index in [0.29, 0.717) is 30.8 Å². The lowest BCUT2D eigenvalue weighted by Crippen LogP contribution is -2.57.